The van der Waals surface area contributed by atoms with E-state index in [1.54, 1.807) is 6.92 Å². The molecule has 0 aromatic carbocycles. The van der Waals surface area contributed by atoms with Crippen LogP contribution in [0, 0.1) is 0 Å². The summed E-state index contributed by atoms with van der Waals surface area (Å²) in [5.41, 5.74) is -3.38. The number of pyridine rings is 1. The van der Waals surface area contributed by atoms with Crippen LogP contribution in [0.15, 0.2) is 29.5 Å². The number of amides is 1. The molecule has 21 heavy (non-hydrogen) atoms. The SMILES string of the molecule is CCCC1=NN(C(=O)c2ccccn2)C(O)(C(F)(F)F)C1. The second-order valence-electron chi connectivity index (χ2n) is 4.74. The molecule has 1 amide bonds. The molecule has 5 nitrogen and oxygen atoms in total. The van der Waals surface area contributed by atoms with Gasteiger partial charge >= 0.3 is 6.18 Å². The second kappa shape index (κ2) is 5.44. The molecule has 0 bridgehead atoms. The molecule has 2 rings (SSSR count). The highest BCUT2D eigenvalue weighted by Crippen LogP contribution is 2.41. The average Bonchev–Trinajstić information content (AvgIpc) is 2.77. The van der Waals surface area contributed by atoms with Crippen molar-refractivity contribution in [3.8, 4) is 0 Å². The predicted octanol–water partition coefficient (Wildman–Crippen LogP) is 2.33. The van der Waals surface area contributed by atoms with Gasteiger partial charge in [-0.1, -0.05) is 19.4 Å². The number of aromatic nitrogens is 1. The molecule has 0 spiro atoms. The lowest BCUT2D eigenvalue weighted by Gasteiger charge is -2.32. The monoisotopic (exact) mass is 301 g/mol. The zero-order valence-electron chi connectivity index (χ0n) is 11.3. The summed E-state index contributed by atoms with van der Waals surface area (Å²) in [6.07, 6.45) is -3.60. The molecule has 1 N–H and O–H groups in total. The number of hydrogen-bond donors (Lipinski definition) is 1. The van der Waals surface area contributed by atoms with Gasteiger partial charge in [0.2, 0.25) is 0 Å². The van der Waals surface area contributed by atoms with Crippen molar-refractivity contribution in [1.82, 2.24) is 9.99 Å². The molecule has 8 heteroatoms. The zero-order valence-corrected chi connectivity index (χ0v) is 11.3. The molecule has 0 radical (unpaired) electrons. The molecule has 2 heterocycles. The summed E-state index contributed by atoms with van der Waals surface area (Å²) in [4.78, 5) is 15.9. The number of carbonyl (C=O) groups is 1. The Hall–Kier alpha value is -1.96. The fraction of sp³-hybridized carbons (Fsp3) is 0.462. The summed E-state index contributed by atoms with van der Waals surface area (Å²) >= 11 is 0. The Morgan fingerprint density at radius 2 is 2.19 bits per heavy atom. The van der Waals surface area contributed by atoms with Crippen LogP contribution >= 0.6 is 0 Å². The maximum absolute atomic E-state index is 13.1. The molecule has 0 saturated carbocycles. The van der Waals surface area contributed by atoms with Crippen molar-refractivity contribution in [2.75, 3.05) is 0 Å². The highest BCUT2D eigenvalue weighted by Gasteiger charge is 2.63. The van der Waals surface area contributed by atoms with Gasteiger partial charge in [-0.2, -0.15) is 23.3 Å². The Morgan fingerprint density at radius 1 is 1.48 bits per heavy atom. The van der Waals surface area contributed by atoms with Crippen LogP contribution in [0.1, 0.15) is 36.7 Å². The highest BCUT2D eigenvalue weighted by atomic mass is 19.4. The molecule has 1 aliphatic heterocycles. The normalized spacial score (nSPS) is 22.3. The number of carbonyl (C=O) groups excluding carboxylic acids is 1. The lowest BCUT2D eigenvalue weighted by atomic mass is 10.0. The third-order valence-electron chi connectivity index (χ3n) is 3.11. The lowest BCUT2D eigenvalue weighted by molar-refractivity contribution is -0.297. The Bertz CT molecular complexity index is 560. The van der Waals surface area contributed by atoms with Crippen molar-refractivity contribution in [2.24, 2.45) is 5.10 Å². The van der Waals surface area contributed by atoms with Crippen LogP contribution in [0.25, 0.3) is 0 Å². The van der Waals surface area contributed by atoms with Gasteiger partial charge < -0.3 is 5.11 Å². The third kappa shape index (κ3) is 2.76. The first-order valence-corrected chi connectivity index (χ1v) is 6.40. The largest absolute Gasteiger partial charge is 0.438 e. The number of rotatable bonds is 3. The highest BCUT2D eigenvalue weighted by molar-refractivity contribution is 5.97. The van der Waals surface area contributed by atoms with Crippen molar-refractivity contribution in [2.45, 2.75) is 38.1 Å². The summed E-state index contributed by atoms with van der Waals surface area (Å²) in [5, 5.41) is 13.7. The van der Waals surface area contributed by atoms with E-state index in [-0.39, 0.29) is 22.8 Å². The number of nitrogens with zero attached hydrogens (tertiary/aromatic N) is 3. The molecule has 1 aliphatic rings. The molecule has 0 aliphatic carbocycles. The number of hydrazone groups is 1. The maximum atomic E-state index is 13.1. The first-order valence-electron chi connectivity index (χ1n) is 6.40. The average molecular weight is 301 g/mol. The minimum Gasteiger partial charge on any atom is -0.362 e. The van der Waals surface area contributed by atoms with E-state index in [9.17, 15) is 23.1 Å². The maximum Gasteiger partial charge on any atom is 0.438 e. The smallest absolute Gasteiger partial charge is 0.362 e. The predicted molar refractivity (Wildman–Crippen MR) is 68.4 cm³/mol. The van der Waals surface area contributed by atoms with Gasteiger partial charge in [-0.3, -0.25) is 9.78 Å². The van der Waals surface area contributed by atoms with E-state index in [1.807, 2.05) is 0 Å². The van der Waals surface area contributed by atoms with E-state index in [0.29, 0.717) is 6.42 Å². The van der Waals surface area contributed by atoms with Crippen molar-refractivity contribution in [3.63, 3.8) is 0 Å². The molecule has 1 aromatic heterocycles. The fourth-order valence-electron chi connectivity index (χ4n) is 2.08. The Kier molecular flexibility index (Phi) is 3.99. The van der Waals surface area contributed by atoms with E-state index in [2.05, 4.69) is 10.1 Å². The molecule has 1 atom stereocenters. The van der Waals surface area contributed by atoms with E-state index >= 15 is 0 Å². The summed E-state index contributed by atoms with van der Waals surface area (Å²) in [7, 11) is 0. The summed E-state index contributed by atoms with van der Waals surface area (Å²) in [5.74, 6) is -1.08. The van der Waals surface area contributed by atoms with Crippen molar-refractivity contribution < 1.29 is 23.1 Å². The first-order chi connectivity index (χ1) is 9.79. The number of hydrogen-bond acceptors (Lipinski definition) is 4. The van der Waals surface area contributed by atoms with Gasteiger partial charge in [0.25, 0.3) is 11.6 Å². The lowest BCUT2D eigenvalue weighted by Crippen LogP contribution is -2.56. The van der Waals surface area contributed by atoms with E-state index < -0.39 is 24.2 Å². The van der Waals surface area contributed by atoms with E-state index in [4.69, 9.17) is 0 Å². The van der Waals surface area contributed by atoms with Crippen molar-refractivity contribution in [3.05, 3.63) is 30.1 Å². The molecule has 114 valence electrons. The first kappa shape index (κ1) is 15.4. The van der Waals surface area contributed by atoms with Gasteiger partial charge in [-0.15, -0.1) is 0 Å². The topological polar surface area (TPSA) is 65.8 Å². The van der Waals surface area contributed by atoms with Gasteiger partial charge in [0.1, 0.15) is 5.69 Å². The van der Waals surface area contributed by atoms with Crippen LogP contribution in [0.5, 0.6) is 0 Å². The van der Waals surface area contributed by atoms with Crippen molar-refractivity contribution >= 4 is 11.6 Å². The second-order valence-corrected chi connectivity index (χ2v) is 4.74. The number of alkyl halides is 3. The minimum absolute atomic E-state index is 0.0975. The number of halogens is 3. The Balaban J connectivity index is 2.39. The third-order valence-corrected chi connectivity index (χ3v) is 3.11. The number of aliphatic hydroxyl groups is 1. The molecule has 0 fully saturated rings. The van der Waals surface area contributed by atoms with Gasteiger partial charge in [-0.05, 0) is 18.6 Å². The van der Waals surface area contributed by atoms with Gasteiger partial charge in [0.15, 0.2) is 0 Å². The molecule has 1 aromatic rings. The van der Waals surface area contributed by atoms with Gasteiger partial charge in [0, 0.05) is 18.3 Å². The van der Waals surface area contributed by atoms with Crippen LogP contribution in [-0.2, 0) is 0 Å². The van der Waals surface area contributed by atoms with Gasteiger partial charge in [0.05, 0.1) is 0 Å². The van der Waals surface area contributed by atoms with Crippen LogP contribution in [0.4, 0.5) is 13.2 Å². The molecule has 1 unspecified atom stereocenters. The van der Waals surface area contributed by atoms with E-state index in [1.165, 1.54) is 24.4 Å². The van der Waals surface area contributed by atoms with Gasteiger partial charge in [-0.25, -0.2) is 0 Å². The standard InChI is InChI=1S/C13H14F3N3O2/c1-2-5-9-8-12(21,13(14,15)16)19(18-9)11(20)10-6-3-4-7-17-10/h3-4,6-7,21H,2,5,8H2,1H3. The summed E-state index contributed by atoms with van der Waals surface area (Å²) in [6.45, 7) is 1.78. The molecular formula is C13H14F3N3O2. The van der Waals surface area contributed by atoms with Crippen LogP contribution < -0.4 is 0 Å². The van der Waals surface area contributed by atoms with Crippen LogP contribution in [0.3, 0.4) is 0 Å². The quantitative estimate of drug-likeness (QED) is 0.932. The summed E-state index contributed by atoms with van der Waals surface area (Å²) in [6, 6.07) is 4.27. The minimum atomic E-state index is -5.00. The molecular weight excluding hydrogens is 287 g/mol. The Morgan fingerprint density at radius 3 is 2.71 bits per heavy atom. The molecule has 0 saturated heterocycles. The van der Waals surface area contributed by atoms with Crippen LogP contribution in [0.2, 0.25) is 0 Å². The summed E-state index contributed by atoms with van der Waals surface area (Å²) < 4.78 is 39.4. The fourth-order valence-corrected chi connectivity index (χ4v) is 2.08. The van der Waals surface area contributed by atoms with E-state index in [0.717, 1.165) is 0 Å². The van der Waals surface area contributed by atoms with Crippen molar-refractivity contribution in [1.29, 1.82) is 0 Å². The zero-order chi connectivity index (χ0) is 15.7. The Labute approximate surface area is 119 Å². The van der Waals surface area contributed by atoms with Crippen LogP contribution in [-0.4, -0.2) is 38.6 Å².